The number of ether oxygens (including phenoxy) is 3. The number of rotatable bonds is 7. The molecule has 0 bridgehead atoms. The quantitative estimate of drug-likeness (QED) is 0.475. The van der Waals surface area contributed by atoms with E-state index >= 15 is 0 Å². The maximum Gasteiger partial charge on any atom is 0.203 e. The SMILES string of the molecule is COc1cc(/C=N/NC(=S)Cc2ccccc2)cc(OC)c1OC. The molecule has 0 fully saturated rings. The van der Waals surface area contributed by atoms with Crippen LogP contribution in [-0.4, -0.2) is 32.5 Å². The van der Waals surface area contributed by atoms with E-state index < -0.39 is 0 Å². The Morgan fingerprint density at radius 2 is 1.67 bits per heavy atom. The molecule has 0 heterocycles. The Morgan fingerprint density at radius 3 is 2.21 bits per heavy atom. The average Bonchev–Trinajstić information content (AvgIpc) is 2.61. The van der Waals surface area contributed by atoms with Gasteiger partial charge in [-0.2, -0.15) is 5.10 Å². The first kappa shape index (κ1) is 17.7. The Kier molecular flexibility index (Phi) is 6.57. The van der Waals surface area contributed by atoms with E-state index in [4.69, 9.17) is 26.4 Å². The number of hydrogen-bond donors (Lipinski definition) is 1. The topological polar surface area (TPSA) is 52.1 Å². The molecular formula is C18H20N2O3S. The van der Waals surface area contributed by atoms with Crippen molar-refractivity contribution >= 4 is 23.4 Å². The third-order valence-electron chi connectivity index (χ3n) is 3.30. The van der Waals surface area contributed by atoms with E-state index in [9.17, 15) is 0 Å². The summed E-state index contributed by atoms with van der Waals surface area (Å²) in [7, 11) is 4.72. The molecule has 0 saturated carbocycles. The van der Waals surface area contributed by atoms with E-state index in [1.165, 1.54) is 0 Å². The standard InChI is InChI=1S/C18H20N2O3S/c1-21-15-9-14(10-16(22-2)18(15)23-3)12-19-20-17(24)11-13-7-5-4-6-8-13/h4-10,12H,11H2,1-3H3,(H,20,24)/b19-12+. The molecule has 0 amide bonds. The number of benzene rings is 2. The fourth-order valence-electron chi connectivity index (χ4n) is 2.18. The van der Waals surface area contributed by atoms with Crippen molar-refractivity contribution < 1.29 is 14.2 Å². The maximum atomic E-state index is 5.31. The zero-order valence-corrected chi connectivity index (χ0v) is 14.7. The summed E-state index contributed by atoms with van der Waals surface area (Å²) in [5.41, 5.74) is 4.81. The minimum atomic E-state index is 0.546. The second kappa shape index (κ2) is 8.88. The van der Waals surface area contributed by atoms with Crippen LogP contribution in [0.3, 0.4) is 0 Å². The first-order chi connectivity index (χ1) is 11.7. The molecule has 6 heteroatoms. The van der Waals surface area contributed by atoms with E-state index in [1.807, 2.05) is 42.5 Å². The number of hydrazone groups is 1. The highest BCUT2D eigenvalue weighted by Crippen LogP contribution is 2.37. The maximum absolute atomic E-state index is 5.31. The van der Waals surface area contributed by atoms with E-state index in [0.29, 0.717) is 28.7 Å². The molecule has 0 aliphatic rings. The molecule has 5 nitrogen and oxygen atoms in total. The molecule has 0 aliphatic heterocycles. The molecule has 2 rings (SSSR count). The molecule has 0 radical (unpaired) electrons. The van der Waals surface area contributed by atoms with Crippen LogP contribution in [0.5, 0.6) is 17.2 Å². The minimum absolute atomic E-state index is 0.546. The van der Waals surface area contributed by atoms with Gasteiger partial charge in [-0.05, 0) is 17.7 Å². The monoisotopic (exact) mass is 344 g/mol. The fraction of sp³-hybridized carbons (Fsp3) is 0.222. The number of nitrogens with one attached hydrogen (secondary N) is 1. The summed E-state index contributed by atoms with van der Waals surface area (Å²) >= 11 is 5.29. The molecule has 0 aromatic heterocycles. The summed E-state index contributed by atoms with van der Waals surface area (Å²) in [6, 6.07) is 13.6. The lowest BCUT2D eigenvalue weighted by Gasteiger charge is -2.12. The van der Waals surface area contributed by atoms with Crippen molar-refractivity contribution in [3.63, 3.8) is 0 Å². The smallest absolute Gasteiger partial charge is 0.203 e. The van der Waals surface area contributed by atoms with Gasteiger partial charge in [0.1, 0.15) is 4.99 Å². The summed E-state index contributed by atoms with van der Waals surface area (Å²) in [5, 5.41) is 4.18. The van der Waals surface area contributed by atoms with Gasteiger partial charge >= 0.3 is 0 Å². The third kappa shape index (κ3) is 4.70. The van der Waals surface area contributed by atoms with Crippen molar-refractivity contribution in [2.75, 3.05) is 21.3 Å². The Labute approximate surface area is 147 Å². The fourth-order valence-corrected chi connectivity index (χ4v) is 2.39. The van der Waals surface area contributed by atoms with Crippen LogP contribution in [-0.2, 0) is 6.42 Å². The number of nitrogens with zero attached hydrogens (tertiary/aromatic N) is 1. The van der Waals surface area contributed by atoms with Crippen molar-refractivity contribution in [2.45, 2.75) is 6.42 Å². The Morgan fingerprint density at radius 1 is 1.04 bits per heavy atom. The molecule has 1 N–H and O–H groups in total. The van der Waals surface area contributed by atoms with Gasteiger partial charge in [0.25, 0.3) is 0 Å². The van der Waals surface area contributed by atoms with Gasteiger partial charge in [0, 0.05) is 12.0 Å². The predicted molar refractivity (Wildman–Crippen MR) is 99.6 cm³/mol. The van der Waals surface area contributed by atoms with Crippen LogP contribution < -0.4 is 19.6 Å². The first-order valence-corrected chi connectivity index (χ1v) is 7.74. The molecule has 2 aromatic carbocycles. The van der Waals surface area contributed by atoms with Gasteiger partial charge in [-0.1, -0.05) is 42.5 Å². The minimum Gasteiger partial charge on any atom is -0.493 e. The van der Waals surface area contributed by atoms with Crippen LogP contribution in [0.4, 0.5) is 0 Å². The lowest BCUT2D eigenvalue weighted by atomic mass is 10.1. The lowest BCUT2D eigenvalue weighted by Crippen LogP contribution is -2.17. The second-order valence-corrected chi connectivity index (χ2v) is 5.41. The van der Waals surface area contributed by atoms with E-state index in [1.54, 1.807) is 27.5 Å². The van der Waals surface area contributed by atoms with E-state index in [-0.39, 0.29) is 0 Å². The highest BCUT2D eigenvalue weighted by atomic mass is 32.1. The van der Waals surface area contributed by atoms with Gasteiger partial charge in [0.2, 0.25) is 5.75 Å². The molecule has 126 valence electrons. The van der Waals surface area contributed by atoms with Gasteiger partial charge in [-0.25, -0.2) is 0 Å². The summed E-state index contributed by atoms with van der Waals surface area (Å²) in [5.74, 6) is 1.69. The van der Waals surface area contributed by atoms with E-state index in [0.717, 1.165) is 11.1 Å². The van der Waals surface area contributed by atoms with Gasteiger partial charge in [-0.15, -0.1) is 0 Å². The molecule has 0 saturated heterocycles. The van der Waals surface area contributed by atoms with Gasteiger partial charge in [-0.3, -0.25) is 5.43 Å². The molecule has 0 unspecified atom stereocenters. The molecule has 0 atom stereocenters. The summed E-state index contributed by atoms with van der Waals surface area (Å²) in [6.07, 6.45) is 2.30. The van der Waals surface area contributed by atoms with Crippen LogP contribution >= 0.6 is 12.2 Å². The molecule has 2 aromatic rings. The Balaban J connectivity index is 2.04. The normalized spacial score (nSPS) is 10.5. The van der Waals surface area contributed by atoms with Crippen molar-refractivity contribution in [1.29, 1.82) is 0 Å². The number of hydrogen-bond acceptors (Lipinski definition) is 5. The summed E-state index contributed by atoms with van der Waals surface area (Å²) < 4.78 is 15.9. The third-order valence-corrected chi connectivity index (χ3v) is 3.53. The molecule has 24 heavy (non-hydrogen) atoms. The van der Waals surface area contributed by atoms with Crippen LogP contribution in [0.2, 0.25) is 0 Å². The molecular weight excluding hydrogens is 324 g/mol. The second-order valence-electron chi connectivity index (χ2n) is 4.91. The van der Waals surface area contributed by atoms with Gasteiger partial charge in [0.05, 0.1) is 27.5 Å². The summed E-state index contributed by atoms with van der Waals surface area (Å²) in [4.78, 5) is 0.643. The van der Waals surface area contributed by atoms with Gasteiger partial charge in [0.15, 0.2) is 11.5 Å². The predicted octanol–water partition coefficient (Wildman–Crippen LogP) is 3.21. The average molecular weight is 344 g/mol. The highest BCUT2D eigenvalue weighted by Gasteiger charge is 2.12. The highest BCUT2D eigenvalue weighted by molar-refractivity contribution is 7.80. The Hall–Kier alpha value is -2.60. The zero-order chi connectivity index (χ0) is 17.4. The van der Waals surface area contributed by atoms with Crippen molar-refractivity contribution in [3.05, 3.63) is 53.6 Å². The van der Waals surface area contributed by atoms with Crippen LogP contribution in [0.15, 0.2) is 47.6 Å². The van der Waals surface area contributed by atoms with Crippen LogP contribution in [0.1, 0.15) is 11.1 Å². The molecule has 0 aliphatic carbocycles. The van der Waals surface area contributed by atoms with Crippen molar-refractivity contribution in [3.8, 4) is 17.2 Å². The van der Waals surface area contributed by atoms with Crippen molar-refractivity contribution in [2.24, 2.45) is 5.10 Å². The van der Waals surface area contributed by atoms with Gasteiger partial charge < -0.3 is 14.2 Å². The van der Waals surface area contributed by atoms with Crippen LogP contribution in [0, 0.1) is 0 Å². The number of methoxy groups -OCH3 is 3. The van der Waals surface area contributed by atoms with Crippen LogP contribution in [0.25, 0.3) is 0 Å². The lowest BCUT2D eigenvalue weighted by molar-refractivity contribution is 0.324. The Bertz CT molecular complexity index is 692. The van der Waals surface area contributed by atoms with E-state index in [2.05, 4.69) is 10.5 Å². The largest absolute Gasteiger partial charge is 0.493 e. The zero-order valence-electron chi connectivity index (χ0n) is 13.9. The summed E-state index contributed by atoms with van der Waals surface area (Å²) in [6.45, 7) is 0. The first-order valence-electron chi connectivity index (χ1n) is 7.33. The molecule has 0 spiro atoms. The van der Waals surface area contributed by atoms with Crippen molar-refractivity contribution in [1.82, 2.24) is 5.43 Å². The number of thiocarbonyl (C=S) groups is 1.